The van der Waals surface area contributed by atoms with Crippen LogP contribution in [-0.2, 0) is 11.3 Å². The van der Waals surface area contributed by atoms with Gasteiger partial charge in [0.15, 0.2) is 0 Å². The van der Waals surface area contributed by atoms with E-state index in [0.29, 0.717) is 22.3 Å². The van der Waals surface area contributed by atoms with E-state index in [9.17, 15) is 9.18 Å². The molecular formula is C16H15Cl2FN2O. The first-order valence-electron chi connectivity index (χ1n) is 6.62. The molecule has 0 unspecified atom stereocenters. The minimum absolute atomic E-state index is 0.162. The van der Waals surface area contributed by atoms with Crippen LogP contribution in [0.1, 0.15) is 5.56 Å². The lowest BCUT2D eigenvalue weighted by Gasteiger charge is -2.16. The van der Waals surface area contributed by atoms with Gasteiger partial charge in [0.05, 0.1) is 17.3 Å². The zero-order valence-corrected chi connectivity index (χ0v) is 13.5. The number of anilines is 1. The Labute approximate surface area is 138 Å². The molecular weight excluding hydrogens is 326 g/mol. The highest BCUT2D eigenvalue weighted by Crippen LogP contribution is 2.25. The van der Waals surface area contributed by atoms with Crippen molar-refractivity contribution in [3.63, 3.8) is 0 Å². The molecule has 0 aliphatic heterocycles. The first-order chi connectivity index (χ1) is 10.4. The smallest absolute Gasteiger partial charge is 0.238 e. The Bertz CT molecular complexity index is 679. The fourth-order valence-corrected chi connectivity index (χ4v) is 2.48. The fraction of sp³-hybridized carbons (Fsp3) is 0.188. The Kier molecular flexibility index (Phi) is 5.77. The number of halogens is 3. The molecule has 0 bridgehead atoms. The van der Waals surface area contributed by atoms with Gasteiger partial charge >= 0.3 is 0 Å². The quantitative estimate of drug-likeness (QED) is 0.884. The van der Waals surface area contributed by atoms with Crippen LogP contribution in [0.25, 0.3) is 0 Å². The number of nitrogens with one attached hydrogen (secondary N) is 1. The topological polar surface area (TPSA) is 32.3 Å². The van der Waals surface area contributed by atoms with E-state index in [-0.39, 0.29) is 18.3 Å². The van der Waals surface area contributed by atoms with Crippen molar-refractivity contribution in [1.82, 2.24) is 4.90 Å². The number of carbonyl (C=O) groups is 1. The van der Waals surface area contributed by atoms with Crippen molar-refractivity contribution >= 4 is 34.8 Å². The highest BCUT2D eigenvalue weighted by atomic mass is 35.5. The van der Waals surface area contributed by atoms with Crippen molar-refractivity contribution in [2.24, 2.45) is 0 Å². The van der Waals surface area contributed by atoms with Gasteiger partial charge < -0.3 is 5.32 Å². The molecule has 3 nitrogen and oxygen atoms in total. The zero-order valence-electron chi connectivity index (χ0n) is 11.9. The second-order valence-electron chi connectivity index (χ2n) is 4.97. The van der Waals surface area contributed by atoms with Crippen LogP contribution in [0.2, 0.25) is 10.0 Å². The normalized spacial score (nSPS) is 10.8. The van der Waals surface area contributed by atoms with Crippen LogP contribution in [0.4, 0.5) is 10.1 Å². The average Bonchev–Trinajstić information content (AvgIpc) is 2.41. The molecule has 0 saturated heterocycles. The van der Waals surface area contributed by atoms with E-state index in [0.717, 1.165) is 5.56 Å². The van der Waals surface area contributed by atoms with Gasteiger partial charge in [-0.1, -0.05) is 35.3 Å². The van der Waals surface area contributed by atoms with Crippen molar-refractivity contribution in [3.05, 3.63) is 63.9 Å². The summed E-state index contributed by atoms with van der Waals surface area (Å²) in [4.78, 5) is 13.8. The molecule has 6 heteroatoms. The van der Waals surface area contributed by atoms with Crippen LogP contribution in [0, 0.1) is 5.82 Å². The predicted octanol–water partition coefficient (Wildman–Crippen LogP) is 4.20. The summed E-state index contributed by atoms with van der Waals surface area (Å²) >= 11 is 11.8. The molecule has 22 heavy (non-hydrogen) atoms. The monoisotopic (exact) mass is 340 g/mol. The number of rotatable bonds is 5. The van der Waals surface area contributed by atoms with E-state index in [1.165, 1.54) is 12.1 Å². The summed E-state index contributed by atoms with van der Waals surface area (Å²) in [7, 11) is 1.79. The van der Waals surface area contributed by atoms with Gasteiger partial charge in [0.1, 0.15) is 5.82 Å². The minimum atomic E-state index is -0.289. The van der Waals surface area contributed by atoms with E-state index < -0.39 is 0 Å². The predicted molar refractivity (Wildman–Crippen MR) is 87.8 cm³/mol. The van der Waals surface area contributed by atoms with Crippen LogP contribution in [-0.4, -0.2) is 24.4 Å². The Morgan fingerprint density at radius 3 is 2.68 bits per heavy atom. The second kappa shape index (κ2) is 7.58. The maximum atomic E-state index is 13.1. The fourth-order valence-electron chi connectivity index (χ4n) is 2.03. The molecule has 0 spiro atoms. The van der Waals surface area contributed by atoms with Gasteiger partial charge in [0.2, 0.25) is 5.91 Å². The van der Waals surface area contributed by atoms with Crippen molar-refractivity contribution in [2.45, 2.75) is 6.54 Å². The molecule has 2 rings (SSSR count). The molecule has 0 saturated carbocycles. The first kappa shape index (κ1) is 16.7. The molecule has 2 aromatic carbocycles. The summed E-state index contributed by atoms with van der Waals surface area (Å²) in [5, 5.41) is 3.61. The molecule has 0 radical (unpaired) electrons. The number of hydrogen-bond donors (Lipinski definition) is 1. The Balaban J connectivity index is 1.91. The summed E-state index contributed by atoms with van der Waals surface area (Å²) in [5.41, 5.74) is 1.31. The lowest BCUT2D eigenvalue weighted by molar-refractivity contribution is -0.117. The van der Waals surface area contributed by atoms with E-state index in [4.69, 9.17) is 23.2 Å². The first-order valence-corrected chi connectivity index (χ1v) is 7.37. The number of benzene rings is 2. The number of carbonyl (C=O) groups excluding carboxylic acids is 1. The largest absolute Gasteiger partial charge is 0.324 e. The van der Waals surface area contributed by atoms with Gasteiger partial charge in [-0.05, 0) is 42.9 Å². The van der Waals surface area contributed by atoms with Crippen molar-refractivity contribution < 1.29 is 9.18 Å². The van der Waals surface area contributed by atoms with Gasteiger partial charge in [-0.25, -0.2) is 4.39 Å². The second-order valence-corrected chi connectivity index (χ2v) is 5.82. The van der Waals surface area contributed by atoms with Gasteiger partial charge in [0.25, 0.3) is 0 Å². The third-order valence-electron chi connectivity index (χ3n) is 2.96. The molecule has 0 atom stereocenters. The van der Waals surface area contributed by atoms with E-state index >= 15 is 0 Å². The third-order valence-corrected chi connectivity index (χ3v) is 3.51. The number of likely N-dealkylation sites (N-methyl/N-ethyl adjacent to an activating group) is 1. The van der Waals surface area contributed by atoms with Crippen LogP contribution in [0.3, 0.4) is 0 Å². The van der Waals surface area contributed by atoms with Gasteiger partial charge in [-0.3, -0.25) is 9.69 Å². The van der Waals surface area contributed by atoms with Crippen LogP contribution < -0.4 is 5.32 Å². The molecule has 0 aromatic heterocycles. The Morgan fingerprint density at radius 1 is 1.23 bits per heavy atom. The summed E-state index contributed by atoms with van der Waals surface area (Å²) in [6.07, 6.45) is 0. The lowest BCUT2D eigenvalue weighted by atomic mass is 10.2. The number of nitrogens with zero attached hydrogens (tertiary/aromatic N) is 1. The summed E-state index contributed by atoms with van der Waals surface area (Å²) in [6.45, 7) is 0.634. The van der Waals surface area contributed by atoms with Gasteiger partial charge in [-0.2, -0.15) is 0 Å². The van der Waals surface area contributed by atoms with Crippen LogP contribution in [0.5, 0.6) is 0 Å². The molecule has 0 heterocycles. The molecule has 0 fully saturated rings. The molecule has 116 valence electrons. The Hall–Kier alpha value is -1.62. The molecule has 2 aromatic rings. The Morgan fingerprint density at radius 2 is 2.00 bits per heavy atom. The third kappa shape index (κ3) is 4.98. The van der Waals surface area contributed by atoms with Crippen molar-refractivity contribution in [3.8, 4) is 0 Å². The molecule has 0 aliphatic carbocycles. The maximum Gasteiger partial charge on any atom is 0.238 e. The summed E-state index contributed by atoms with van der Waals surface area (Å²) in [5.74, 6) is -0.494. The average molecular weight is 341 g/mol. The highest BCUT2D eigenvalue weighted by Gasteiger charge is 2.10. The molecule has 1 N–H and O–H groups in total. The summed E-state index contributed by atoms with van der Waals surface area (Å²) < 4.78 is 13.1. The van der Waals surface area contributed by atoms with E-state index in [2.05, 4.69) is 5.32 Å². The van der Waals surface area contributed by atoms with E-state index in [1.54, 1.807) is 36.2 Å². The van der Waals surface area contributed by atoms with E-state index in [1.807, 2.05) is 6.07 Å². The number of amides is 1. The van der Waals surface area contributed by atoms with Crippen molar-refractivity contribution in [2.75, 3.05) is 18.9 Å². The minimum Gasteiger partial charge on any atom is -0.324 e. The number of hydrogen-bond acceptors (Lipinski definition) is 2. The molecule has 0 aliphatic rings. The highest BCUT2D eigenvalue weighted by molar-refractivity contribution is 6.36. The lowest BCUT2D eigenvalue weighted by Crippen LogP contribution is -2.29. The maximum absolute atomic E-state index is 13.1. The molecule has 1 amide bonds. The SMILES string of the molecule is CN(CC(=O)Nc1ccc(Cl)cc1Cl)Cc1cccc(F)c1. The van der Waals surface area contributed by atoms with Gasteiger partial charge in [-0.15, -0.1) is 0 Å². The van der Waals surface area contributed by atoms with Gasteiger partial charge in [0, 0.05) is 11.6 Å². The standard InChI is InChI=1S/C16H15Cl2FN2O/c1-21(9-11-3-2-4-13(19)7-11)10-16(22)20-15-6-5-12(17)8-14(15)18/h2-8H,9-10H2,1H3,(H,20,22). The van der Waals surface area contributed by atoms with Crippen molar-refractivity contribution in [1.29, 1.82) is 0 Å². The summed E-state index contributed by atoms with van der Waals surface area (Å²) in [6, 6.07) is 11.2. The van der Waals surface area contributed by atoms with Crippen LogP contribution >= 0.6 is 23.2 Å². The zero-order chi connectivity index (χ0) is 16.1. The van der Waals surface area contributed by atoms with Crippen LogP contribution in [0.15, 0.2) is 42.5 Å².